The Labute approximate surface area is 90.7 Å². The minimum Gasteiger partial charge on any atom is -0.493 e. The van der Waals surface area contributed by atoms with Crippen molar-refractivity contribution in [1.82, 2.24) is 19.6 Å². The SMILES string of the molecule is CCOc1nc2[nH]c(=O)c(CC)c(O)n2n1. The largest absolute Gasteiger partial charge is 0.493 e. The van der Waals surface area contributed by atoms with E-state index in [9.17, 15) is 9.90 Å². The summed E-state index contributed by atoms with van der Waals surface area (Å²) in [6.45, 7) is 3.99. The molecule has 2 rings (SSSR count). The van der Waals surface area contributed by atoms with Gasteiger partial charge in [-0.05, 0) is 13.3 Å². The molecule has 0 atom stereocenters. The minimum atomic E-state index is -0.358. The smallest absolute Gasteiger partial charge is 0.337 e. The molecule has 86 valence electrons. The monoisotopic (exact) mass is 224 g/mol. The van der Waals surface area contributed by atoms with Gasteiger partial charge in [0.25, 0.3) is 5.56 Å². The molecule has 7 heteroatoms. The van der Waals surface area contributed by atoms with E-state index in [1.165, 1.54) is 0 Å². The van der Waals surface area contributed by atoms with E-state index in [2.05, 4.69) is 15.1 Å². The molecule has 0 aliphatic carbocycles. The van der Waals surface area contributed by atoms with Gasteiger partial charge in [0, 0.05) is 0 Å². The molecule has 0 fully saturated rings. The molecule has 0 aliphatic heterocycles. The number of rotatable bonds is 3. The first-order valence-electron chi connectivity index (χ1n) is 5.01. The fourth-order valence-electron chi connectivity index (χ4n) is 1.44. The number of nitrogens with one attached hydrogen (secondary N) is 1. The van der Waals surface area contributed by atoms with Gasteiger partial charge in [0.15, 0.2) is 0 Å². The summed E-state index contributed by atoms with van der Waals surface area (Å²) in [7, 11) is 0. The molecule has 0 radical (unpaired) electrons. The fraction of sp³-hybridized carbons (Fsp3) is 0.444. The van der Waals surface area contributed by atoms with Crippen LogP contribution in [-0.2, 0) is 6.42 Å². The molecule has 0 bridgehead atoms. The second-order valence-corrected chi connectivity index (χ2v) is 3.17. The van der Waals surface area contributed by atoms with Gasteiger partial charge >= 0.3 is 6.01 Å². The van der Waals surface area contributed by atoms with Gasteiger partial charge in [0.1, 0.15) is 0 Å². The summed E-state index contributed by atoms with van der Waals surface area (Å²) in [5, 5.41) is 13.7. The number of nitrogens with zero attached hydrogens (tertiary/aromatic N) is 3. The lowest BCUT2D eigenvalue weighted by atomic mass is 10.2. The molecule has 7 nitrogen and oxygen atoms in total. The molecule has 2 N–H and O–H groups in total. The molecule has 16 heavy (non-hydrogen) atoms. The number of hydrogen-bond acceptors (Lipinski definition) is 5. The van der Waals surface area contributed by atoms with Crippen LogP contribution < -0.4 is 10.3 Å². The highest BCUT2D eigenvalue weighted by molar-refractivity contribution is 5.36. The number of hydrogen-bond donors (Lipinski definition) is 2. The third-order valence-corrected chi connectivity index (χ3v) is 2.18. The molecule has 0 amide bonds. The Morgan fingerprint density at radius 1 is 1.50 bits per heavy atom. The maximum atomic E-state index is 11.5. The molecule has 0 spiro atoms. The standard InChI is InChI=1S/C9H12N4O3/c1-3-5-6(14)10-8-11-9(16-4-2)12-13(8)7(5)15/h15H,3-4H2,1-2H3,(H,10,11,12,14). The zero-order valence-corrected chi connectivity index (χ0v) is 9.02. The maximum absolute atomic E-state index is 11.5. The Morgan fingerprint density at radius 2 is 2.25 bits per heavy atom. The van der Waals surface area contributed by atoms with Crippen LogP contribution >= 0.6 is 0 Å². The highest BCUT2D eigenvalue weighted by atomic mass is 16.5. The van der Waals surface area contributed by atoms with Gasteiger partial charge in [-0.15, -0.1) is 5.10 Å². The van der Waals surface area contributed by atoms with Crippen molar-refractivity contribution in [3.63, 3.8) is 0 Å². The quantitative estimate of drug-likeness (QED) is 0.770. The summed E-state index contributed by atoms with van der Waals surface area (Å²) in [6, 6.07) is 0.127. The predicted octanol–water partition coefficient (Wildman–Crippen LogP) is 0.0843. The molecular weight excluding hydrogens is 212 g/mol. The van der Waals surface area contributed by atoms with Gasteiger partial charge in [0.2, 0.25) is 11.7 Å². The Kier molecular flexibility index (Phi) is 2.51. The van der Waals surface area contributed by atoms with Crippen molar-refractivity contribution in [3.05, 3.63) is 15.9 Å². The van der Waals surface area contributed by atoms with Crippen LogP contribution in [0.3, 0.4) is 0 Å². The average Bonchev–Trinajstić information content (AvgIpc) is 2.62. The van der Waals surface area contributed by atoms with E-state index in [0.29, 0.717) is 13.0 Å². The van der Waals surface area contributed by atoms with E-state index >= 15 is 0 Å². The zero-order valence-electron chi connectivity index (χ0n) is 9.02. The van der Waals surface area contributed by atoms with E-state index in [4.69, 9.17) is 4.74 Å². The minimum absolute atomic E-state index is 0.127. The Hall–Kier alpha value is -2.05. The summed E-state index contributed by atoms with van der Waals surface area (Å²) in [6.07, 6.45) is 0.418. The Morgan fingerprint density at radius 3 is 2.88 bits per heavy atom. The van der Waals surface area contributed by atoms with E-state index < -0.39 is 0 Å². The summed E-state index contributed by atoms with van der Waals surface area (Å²) < 4.78 is 6.24. The second kappa shape index (κ2) is 3.84. The lowest BCUT2D eigenvalue weighted by Gasteiger charge is -2.00. The number of aromatic amines is 1. The second-order valence-electron chi connectivity index (χ2n) is 3.17. The Balaban J connectivity index is 2.68. The molecule has 0 aliphatic rings. The molecule has 0 saturated heterocycles. The van der Waals surface area contributed by atoms with Crippen molar-refractivity contribution in [3.8, 4) is 11.9 Å². The molecule has 0 aromatic carbocycles. The number of fused-ring (bicyclic) bond motifs is 1. The molecule has 2 heterocycles. The summed E-state index contributed by atoms with van der Waals surface area (Å²) in [4.78, 5) is 18.0. The van der Waals surface area contributed by atoms with Crippen LogP contribution in [0.25, 0.3) is 5.78 Å². The maximum Gasteiger partial charge on any atom is 0.337 e. The van der Waals surface area contributed by atoms with Crippen LogP contribution in [0, 0.1) is 0 Å². The third-order valence-electron chi connectivity index (χ3n) is 2.18. The highest BCUT2D eigenvalue weighted by Gasteiger charge is 2.14. The summed E-state index contributed by atoms with van der Waals surface area (Å²) >= 11 is 0. The van der Waals surface area contributed by atoms with Crippen molar-refractivity contribution in [2.24, 2.45) is 0 Å². The lowest BCUT2D eigenvalue weighted by molar-refractivity contribution is 0.311. The third kappa shape index (κ3) is 1.50. The first kappa shape index (κ1) is 10.5. The van der Waals surface area contributed by atoms with E-state index in [0.717, 1.165) is 4.52 Å². The van der Waals surface area contributed by atoms with Crippen LogP contribution in [0.4, 0.5) is 0 Å². The molecular formula is C9H12N4O3. The predicted molar refractivity (Wildman–Crippen MR) is 55.8 cm³/mol. The first-order chi connectivity index (χ1) is 7.67. The first-order valence-corrected chi connectivity index (χ1v) is 5.01. The van der Waals surface area contributed by atoms with Crippen molar-refractivity contribution in [1.29, 1.82) is 0 Å². The van der Waals surface area contributed by atoms with Gasteiger partial charge in [-0.2, -0.15) is 9.50 Å². The molecule has 0 saturated carbocycles. The van der Waals surface area contributed by atoms with Crippen LogP contribution in [0.1, 0.15) is 19.4 Å². The number of H-pyrrole nitrogens is 1. The highest BCUT2D eigenvalue weighted by Crippen LogP contribution is 2.15. The van der Waals surface area contributed by atoms with Crippen LogP contribution in [-0.4, -0.2) is 31.3 Å². The van der Waals surface area contributed by atoms with Gasteiger partial charge < -0.3 is 9.84 Å². The normalized spacial score (nSPS) is 10.9. The fourth-order valence-corrected chi connectivity index (χ4v) is 1.44. The van der Waals surface area contributed by atoms with Gasteiger partial charge in [0.05, 0.1) is 12.2 Å². The number of aromatic hydroxyl groups is 1. The van der Waals surface area contributed by atoms with Crippen LogP contribution in [0.15, 0.2) is 4.79 Å². The molecule has 2 aromatic heterocycles. The van der Waals surface area contributed by atoms with Crippen molar-refractivity contribution in [2.45, 2.75) is 20.3 Å². The number of ether oxygens (including phenoxy) is 1. The van der Waals surface area contributed by atoms with E-state index in [1.54, 1.807) is 13.8 Å². The summed E-state index contributed by atoms with van der Waals surface area (Å²) in [5.74, 6) is -0.0251. The van der Waals surface area contributed by atoms with E-state index in [-0.39, 0.29) is 28.8 Å². The van der Waals surface area contributed by atoms with Crippen LogP contribution in [0.2, 0.25) is 0 Å². The Bertz CT molecular complexity index is 572. The summed E-state index contributed by atoms with van der Waals surface area (Å²) in [5.41, 5.74) is -0.0802. The van der Waals surface area contributed by atoms with Gasteiger partial charge in [-0.1, -0.05) is 6.92 Å². The lowest BCUT2D eigenvalue weighted by Crippen LogP contribution is -2.15. The van der Waals surface area contributed by atoms with Crippen LogP contribution in [0.5, 0.6) is 11.9 Å². The van der Waals surface area contributed by atoms with Gasteiger partial charge in [-0.25, -0.2) is 0 Å². The zero-order chi connectivity index (χ0) is 11.7. The van der Waals surface area contributed by atoms with Crippen molar-refractivity contribution < 1.29 is 9.84 Å². The van der Waals surface area contributed by atoms with Crippen molar-refractivity contribution >= 4 is 5.78 Å². The van der Waals surface area contributed by atoms with Gasteiger partial charge in [-0.3, -0.25) is 9.78 Å². The van der Waals surface area contributed by atoms with Crippen molar-refractivity contribution in [2.75, 3.05) is 6.61 Å². The molecule has 0 unspecified atom stereocenters. The molecule has 2 aromatic rings. The number of aromatic nitrogens is 4. The van der Waals surface area contributed by atoms with E-state index in [1.807, 2.05) is 0 Å². The topological polar surface area (TPSA) is 92.5 Å². The average molecular weight is 224 g/mol.